The van der Waals surface area contributed by atoms with Crippen LogP contribution in [0.5, 0.6) is 11.5 Å². The predicted molar refractivity (Wildman–Crippen MR) is 287 cm³/mol. The molecule has 332 valence electrons. The molecule has 1 atom stereocenters. The number of para-hydroxylation sites is 3. The highest BCUT2D eigenvalue weighted by molar-refractivity contribution is 6.02. The van der Waals surface area contributed by atoms with Crippen LogP contribution in [0.4, 0.5) is 17.1 Å². The second-order valence-corrected chi connectivity index (χ2v) is 19.2. The molecule has 0 bridgehead atoms. The van der Waals surface area contributed by atoms with Crippen LogP contribution < -0.4 is 9.64 Å². The van der Waals surface area contributed by atoms with E-state index in [1.54, 1.807) is 0 Å². The van der Waals surface area contributed by atoms with Crippen molar-refractivity contribution in [2.75, 3.05) is 4.90 Å². The van der Waals surface area contributed by atoms with Crippen molar-refractivity contribution in [2.45, 2.75) is 31.1 Å². The molecular weight excluding hydrogens is 851 g/mol. The molecule has 1 unspecified atom stereocenters. The molecule has 1 aliphatic heterocycles. The van der Waals surface area contributed by atoms with Gasteiger partial charge in [-0.1, -0.05) is 190 Å². The molecule has 10 aromatic carbocycles. The lowest BCUT2D eigenvalue weighted by atomic mass is 9.66. The Morgan fingerprint density at radius 3 is 1.70 bits per heavy atom. The Hall–Kier alpha value is -8.66. The fourth-order valence-electron chi connectivity index (χ4n) is 12.3. The van der Waals surface area contributed by atoms with Crippen molar-refractivity contribution >= 4 is 28.0 Å². The van der Waals surface area contributed by atoms with Crippen LogP contribution in [-0.2, 0) is 10.8 Å². The number of benzene rings is 10. The first-order valence-electron chi connectivity index (χ1n) is 24.5. The van der Waals surface area contributed by atoms with Crippen LogP contribution in [0.1, 0.15) is 53.6 Å². The Labute approximate surface area is 408 Å². The van der Waals surface area contributed by atoms with E-state index in [1.807, 2.05) is 6.07 Å². The molecule has 3 heteroatoms. The van der Waals surface area contributed by atoms with Gasteiger partial charge in [0, 0.05) is 50.1 Å². The highest BCUT2D eigenvalue weighted by atomic mass is 16.5. The summed E-state index contributed by atoms with van der Waals surface area (Å²) in [6, 6.07) is 86.2. The van der Waals surface area contributed by atoms with Gasteiger partial charge >= 0.3 is 0 Å². The minimum Gasteiger partial charge on any atom is -0.457 e. The van der Waals surface area contributed by atoms with Crippen molar-refractivity contribution in [1.29, 1.82) is 0 Å². The fraction of sp³-hybridized carbons (Fsp3) is 0.0746. The van der Waals surface area contributed by atoms with Gasteiger partial charge in [0.15, 0.2) is 0 Å². The van der Waals surface area contributed by atoms with E-state index in [0.29, 0.717) is 0 Å². The highest BCUT2D eigenvalue weighted by Gasteiger charge is 2.51. The summed E-state index contributed by atoms with van der Waals surface area (Å²) in [6.07, 6.45) is 1.03. The summed E-state index contributed by atoms with van der Waals surface area (Å²) < 4.78 is 13.4. The second-order valence-electron chi connectivity index (χ2n) is 19.2. The quantitative estimate of drug-likeness (QED) is 0.159. The molecule has 3 nitrogen and oxygen atoms in total. The third-order valence-corrected chi connectivity index (χ3v) is 15.7. The van der Waals surface area contributed by atoms with Crippen molar-refractivity contribution in [3.8, 4) is 67.3 Å². The average molecular weight is 898 g/mol. The summed E-state index contributed by atoms with van der Waals surface area (Å²) in [5.41, 5.74) is 21.8. The monoisotopic (exact) mass is 897 g/mol. The van der Waals surface area contributed by atoms with Gasteiger partial charge < -0.3 is 14.1 Å². The largest absolute Gasteiger partial charge is 0.457 e. The van der Waals surface area contributed by atoms with Crippen LogP contribution in [-0.4, -0.2) is 0 Å². The molecule has 1 spiro atoms. The molecule has 1 aromatic heterocycles. The lowest BCUT2D eigenvalue weighted by molar-refractivity contribution is 0.436. The predicted octanol–water partition coefficient (Wildman–Crippen LogP) is 18.1. The zero-order valence-corrected chi connectivity index (χ0v) is 39.0. The van der Waals surface area contributed by atoms with Gasteiger partial charge in [-0.3, -0.25) is 0 Å². The lowest BCUT2D eigenvalue weighted by Gasteiger charge is -2.39. The van der Waals surface area contributed by atoms with Crippen molar-refractivity contribution in [3.05, 3.63) is 270 Å². The van der Waals surface area contributed by atoms with E-state index < -0.39 is 5.41 Å². The molecular formula is C67H47NO2. The SMILES string of the molecule is CCC1(C)c2ccccc2-c2ccc(-c3ccc(N(c4cccc(-c5c(-c6ccccc6)oc6ccccc56)c4)c4ccc5c(c4)C4(c6ccccc6Oc6ccccc64)c4ccccc4-5)cc3)cc21. The number of nitrogens with zero attached hydrogens (tertiary/aromatic N) is 1. The molecule has 2 heterocycles. The number of hydrogen-bond acceptors (Lipinski definition) is 3. The lowest BCUT2D eigenvalue weighted by Crippen LogP contribution is -2.32. The molecule has 70 heavy (non-hydrogen) atoms. The van der Waals surface area contributed by atoms with Gasteiger partial charge in [-0.15, -0.1) is 0 Å². The molecule has 2 aliphatic carbocycles. The van der Waals surface area contributed by atoms with Gasteiger partial charge in [0.1, 0.15) is 22.8 Å². The van der Waals surface area contributed by atoms with Gasteiger partial charge in [-0.2, -0.15) is 0 Å². The van der Waals surface area contributed by atoms with Gasteiger partial charge in [0.2, 0.25) is 0 Å². The maximum absolute atomic E-state index is 6.72. The van der Waals surface area contributed by atoms with E-state index in [0.717, 1.165) is 79.5 Å². The van der Waals surface area contributed by atoms with Crippen LogP contribution in [0.2, 0.25) is 0 Å². The van der Waals surface area contributed by atoms with E-state index in [-0.39, 0.29) is 5.41 Å². The van der Waals surface area contributed by atoms with Crippen molar-refractivity contribution in [3.63, 3.8) is 0 Å². The zero-order valence-electron chi connectivity index (χ0n) is 39.0. The van der Waals surface area contributed by atoms with Crippen LogP contribution >= 0.6 is 0 Å². The number of ether oxygens (including phenoxy) is 1. The van der Waals surface area contributed by atoms with Gasteiger partial charge in [-0.25, -0.2) is 0 Å². The van der Waals surface area contributed by atoms with Crippen molar-refractivity contribution in [2.24, 2.45) is 0 Å². The molecule has 0 fully saturated rings. The fourth-order valence-corrected chi connectivity index (χ4v) is 12.3. The molecule has 0 saturated heterocycles. The Balaban J connectivity index is 0.968. The minimum absolute atomic E-state index is 0.0412. The summed E-state index contributed by atoms with van der Waals surface area (Å²) in [5.74, 6) is 2.62. The van der Waals surface area contributed by atoms with E-state index in [1.165, 1.54) is 55.6 Å². The molecule has 0 saturated carbocycles. The number of furan rings is 1. The number of hydrogen-bond donors (Lipinski definition) is 0. The number of anilines is 3. The summed E-state index contributed by atoms with van der Waals surface area (Å²) in [7, 11) is 0. The first-order valence-corrected chi connectivity index (χ1v) is 24.5. The van der Waals surface area contributed by atoms with Gasteiger partial charge in [0.25, 0.3) is 0 Å². The second kappa shape index (κ2) is 15.4. The van der Waals surface area contributed by atoms with Crippen LogP contribution in [0.3, 0.4) is 0 Å². The van der Waals surface area contributed by atoms with E-state index >= 15 is 0 Å². The summed E-state index contributed by atoms with van der Waals surface area (Å²) in [6.45, 7) is 4.72. The average Bonchev–Trinajstić information content (AvgIpc) is 4.04. The summed E-state index contributed by atoms with van der Waals surface area (Å²) in [4.78, 5) is 2.43. The van der Waals surface area contributed by atoms with Crippen LogP contribution in [0.25, 0.3) is 66.8 Å². The number of fused-ring (bicyclic) bond motifs is 13. The van der Waals surface area contributed by atoms with E-state index in [4.69, 9.17) is 9.15 Å². The molecule has 3 aliphatic rings. The third kappa shape index (κ3) is 5.75. The van der Waals surface area contributed by atoms with E-state index in [2.05, 4.69) is 249 Å². The Morgan fingerprint density at radius 2 is 0.943 bits per heavy atom. The van der Waals surface area contributed by atoms with E-state index in [9.17, 15) is 0 Å². The maximum atomic E-state index is 6.72. The highest BCUT2D eigenvalue weighted by Crippen LogP contribution is 2.63. The molecule has 0 amide bonds. The smallest absolute Gasteiger partial charge is 0.143 e. The Bertz CT molecular complexity index is 3830. The summed E-state index contributed by atoms with van der Waals surface area (Å²) >= 11 is 0. The van der Waals surface area contributed by atoms with Crippen LogP contribution in [0, 0.1) is 0 Å². The zero-order chi connectivity index (χ0) is 46.6. The molecule has 0 radical (unpaired) electrons. The summed E-state index contributed by atoms with van der Waals surface area (Å²) in [5, 5.41) is 1.08. The Morgan fingerprint density at radius 1 is 0.386 bits per heavy atom. The minimum atomic E-state index is -0.606. The topological polar surface area (TPSA) is 25.6 Å². The number of rotatable bonds is 7. The standard InChI is InChI=1S/C67H47NO2/c1-3-66(2)55-25-10-7-22-50(55)52-38-34-45(41-59(52)66)43-32-35-47(36-33-43)68(48-21-17-20-46(40-48)64-54-24-9-14-29-61(54)70-65(64)44-18-5-4-6-19-44)49-37-39-53-51-23-8-11-26-56(51)67(60(53)42-49)57-27-12-15-30-62(57)69-63-31-16-13-28-58(63)67/h4-42H,3H2,1-2H3. The van der Waals surface area contributed by atoms with Gasteiger partial charge in [0.05, 0.1) is 5.41 Å². The molecule has 14 rings (SSSR count). The van der Waals surface area contributed by atoms with Crippen molar-refractivity contribution in [1.82, 2.24) is 0 Å². The van der Waals surface area contributed by atoms with Gasteiger partial charge in [-0.05, 0) is 128 Å². The molecule has 0 N–H and O–H groups in total. The first-order chi connectivity index (χ1) is 34.5. The van der Waals surface area contributed by atoms with Crippen LogP contribution in [0.15, 0.2) is 241 Å². The third-order valence-electron chi connectivity index (χ3n) is 15.7. The normalized spacial score (nSPS) is 15.3. The van der Waals surface area contributed by atoms with Crippen molar-refractivity contribution < 1.29 is 9.15 Å². The maximum Gasteiger partial charge on any atom is 0.143 e. The Kier molecular flexibility index (Phi) is 8.91. The first kappa shape index (κ1) is 40.4. The molecule has 11 aromatic rings.